The van der Waals surface area contributed by atoms with Crippen molar-refractivity contribution in [1.82, 2.24) is 9.80 Å². The number of nitriles is 2. The van der Waals surface area contributed by atoms with Crippen LogP contribution in [0.5, 0.6) is 0 Å². The van der Waals surface area contributed by atoms with Crippen molar-refractivity contribution in [2.24, 2.45) is 21.8 Å². The standard InChI is InChI=1S/C8H17N5O3.C8H11N3O/c1-6(14)13(4-2-7(9)11-15)5-3-8(10)12-16;1-8(12)11(6-2-4-9)7-3-5-10/h15-16H,2-5H2,1H3,(H2,9,11)(H2,10,12);2-3,6-7H2,1H3. The van der Waals surface area contributed by atoms with Gasteiger partial charge in [-0.15, -0.1) is 0 Å². The van der Waals surface area contributed by atoms with Crippen LogP contribution in [0.1, 0.15) is 39.5 Å². The summed E-state index contributed by atoms with van der Waals surface area (Å²) in [6.07, 6.45) is 1.19. The molecule has 0 heterocycles. The monoisotopic (exact) mass is 396 g/mol. The second kappa shape index (κ2) is 16.9. The molecule has 0 unspecified atom stereocenters. The number of nitrogens with zero attached hydrogens (tertiary/aromatic N) is 6. The van der Waals surface area contributed by atoms with E-state index >= 15 is 0 Å². The molecular weight excluding hydrogens is 368 g/mol. The van der Waals surface area contributed by atoms with E-state index in [9.17, 15) is 9.59 Å². The lowest BCUT2D eigenvalue weighted by molar-refractivity contribution is -0.129. The van der Waals surface area contributed by atoms with Gasteiger partial charge in [-0.1, -0.05) is 10.3 Å². The number of amides is 2. The van der Waals surface area contributed by atoms with Crippen molar-refractivity contribution in [3.63, 3.8) is 0 Å². The van der Waals surface area contributed by atoms with Gasteiger partial charge in [0.05, 0.1) is 25.0 Å². The first-order valence-corrected chi connectivity index (χ1v) is 8.41. The Bertz CT molecular complexity index is 581. The first kappa shape index (κ1) is 26.7. The summed E-state index contributed by atoms with van der Waals surface area (Å²) in [5, 5.41) is 38.8. The molecule has 0 saturated heterocycles. The minimum Gasteiger partial charge on any atom is -0.409 e. The van der Waals surface area contributed by atoms with Gasteiger partial charge in [-0.2, -0.15) is 10.5 Å². The molecular formula is C16H28N8O4. The highest BCUT2D eigenvalue weighted by Crippen LogP contribution is 1.96. The van der Waals surface area contributed by atoms with Crippen LogP contribution in [-0.2, 0) is 9.59 Å². The minimum absolute atomic E-state index is 0.0510. The molecule has 12 heteroatoms. The Hall–Kier alpha value is -3.54. The Morgan fingerprint density at radius 2 is 1.14 bits per heavy atom. The number of carbonyl (C=O) groups is 2. The van der Waals surface area contributed by atoms with Crippen LogP contribution in [0.4, 0.5) is 0 Å². The lowest BCUT2D eigenvalue weighted by Crippen LogP contribution is -2.35. The number of hydrogen-bond acceptors (Lipinski definition) is 8. The van der Waals surface area contributed by atoms with Gasteiger partial charge in [0.15, 0.2) is 0 Å². The molecule has 0 aromatic carbocycles. The van der Waals surface area contributed by atoms with Crippen LogP contribution in [0.15, 0.2) is 10.3 Å². The van der Waals surface area contributed by atoms with Crippen molar-refractivity contribution in [1.29, 1.82) is 10.5 Å². The quantitative estimate of drug-likeness (QED) is 0.167. The van der Waals surface area contributed by atoms with Gasteiger partial charge >= 0.3 is 0 Å². The maximum Gasteiger partial charge on any atom is 0.219 e. The number of carbonyl (C=O) groups excluding carboxylic acids is 2. The molecule has 0 spiro atoms. The molecule has 6 N–H and O–H groups in total. The molecule has 0 saturated carbocycles. The third-order valence-corrected chi connectivity index (χ3v) is 3.41. The molecule has 28 heavy (non-hydrogen) atoms. The first-order chi connectivity index (χ1) is 13.2. The van der Waals surface area contributed by atoms with Crippen LogP contribution in [0, 0.1) is 22.7 Å². The summed E-state index contributed by atoms with van der Waals surface area (Å²) in [5.74, 6) is -0.137. The lowest BCUT2D eigenvalue weighted by atomic mass is 10.3. The Morgan fingerprint density at radius 3 is 1.39 bits per heavy atom. The van der Waals surface area contributed by atoms with E-state index in [1.807, 2.05) is 12.1 Å². The van der Waals surface area contributed by atoms with Gasteiger partial charge in [0, 0.05) is 52.9 Å². The molecule has 0 aromatic heterocycles. The van der Waals surface area contributed by atoms with Crippen LogP contribution in [-0.4, -0.2) is 69.9 Å². The number of rotatable bonds is 10. The van der Waals surface area contributed by atoms with E-state index in [1.165, 1.54) is 23.6 Å². The number of nitrogens with two attached hydrogens (primary N) is 2. The molecule has 12 nitrogen and oxygen atoms in total. The van der Waals surface area contributed by atoms with E-state index in [4.69, 9.17) is 32.4 Å². The van der Waals surface area contributed by atoms with E-state index in [0.29, 0.717) is 39.0 Å². The maximum absolute atomic E-state index is 11.2. The zero-order valence-corrected chi connectivity index (χ0v) is 16.2. The Balaban J connectivity index is 0. The third kappa shape index (κ3) is 14.8. The summed E-state index contributed by atoms with van der Waals surface area (Å²) in [7, 11) is 0. The van der Waals surface area contributed by atoms with Gasteiger partial charge in [0.25, 0.3) is 0 Å². The average molecular weight is 396 g/mol. The second-order valence-corrected chi connectivity index (χ2v) is 5.51. The fourth-order valence-electron chi connectivity index (χ4n) is 1.82. The van der Waals surface area contributed by atoms with E-state index in [0.717, 1.165) is 0 Å². The molecule has 0 bridgehead atoms. The summed E-state index contributed by atoms with van der Waals surface area (Å²) in [4.78, 5) is 25.0. The van der Waals surface area contributed by atoms with Crippen LogP contribution in [0.2, 0.25) is 0 Å². The molecule has 0 atom stereocenters. The summed E-state index contributed by atoms with van der Waals surface area (Å²) < 4.78 is 0. The molecule has 2 amide bonds. The summed E-state index contributed by atoms with van der Waals surface area (Å²) >= 11 is 0. The van der Waals surface area contributed by atoms with Crippen LogP contribution in [0.3, 0.4) is 0 Å². The normalized spacial score (nSPS) is 10.7. The predicted octanol–water partition coefficient (Wildman–Crippen LogP) is -0.230. The van der Waals surface area contributed by atoms with Crippen LogP contribution < -0.4 is 11.5 Å². The average Bonchev–Trinajstić information content (AvgIpc) is 2.67. The predicted molar refractivity (Wildman–Crippen MR) is 101 cm³/mol. The molecule has 0 radical (unpaired) electrons. The van der Waals surface area contributed by atoms with Crippen molar-refractivity contribution in [2.45, 2.75) is 39.5 Å². The van der Waals surface area contributed by atoms with Gasteiger partial charge < -0.3 is 31.7 Å². The van der Waals surface area contributed by atoms with Gasteiger partial charge in [0.2, 0.25) is 11.8 Å². The van der Waals surface area contributed by atoms with Crippen molar-refractivity contribution in [3.05, 3.63) is 0 Å². The van der Waals surface area contributed by atoms with E-state index in [2.05, 4.69) is 10.3 Å². The zero-order chi connectivity index (χ0) is 21.9. The number of hydrogen-bond donors (Lipinski definition) is 4. The summed E-state index contributed by atoms with van der Waals surface area (Å²) in [6, 6.07) is 3.91. The third-order valence-electron chi connectivity index (χ3n) is 3.41. The highest BCUT2D eigenvalue weighted by atomic mass is 16.4. The molecule has 156 valence electrons. The first-order valence-electron chi connectivity index (χ1n) is 8.41. The van der Waals surface area contributed by atoms with Crippen molar-refractivity contribution in [3.8, 4) is 12.1 Å². The smallest absolute Gasteiger partial charge is 0.219 e. The Labute approximate surface area is 164 Å². The van der Waals surface area contributed by atoms with Crippen molar-refractivity contribution >= 4 is 23.5 Å². The largest absolute Gasteiger partial charge is 0.409 e. The maximum atomic E-state index is 11.2. The fourth-order valence-corrected chi connectivity index (χ4v) is 1.82. The second-order valence-electron chi connectivity index (χ2n) is 5.51. The highest BCUT2D eigenvalue weighted by molar-refractivity contribution is 5.82. The van der Waals surface area contributed by atoms with Gasteiger partial charge in [-0.3, -0.25) is 9.59 Å². The van der Waals surface area contributed by atoms with E-state index < -0.39 is 0 Å². The zero-order valence-electron chi connectivity index (χ0n) is 16.2. The molecule has 0 aliphatic rings. The van der Waals surface area contributed by atoms with Gasteiger partial charge in [0.1, 0.15) is 11.7 Å². The topological polar surface area (TPSA) is 205 Å². The summed E-state index contributed by atoms with van der Waals surface area (Å²) in [6.45, 7) is 4.34. The van der Waals surface area contributed by atoms with Crippen LogP contribution >= 0.6 is 0 Å². The Kier molecular flexibility index (Phi) is 16.1. The molecule has 0 rings (SSSR count). The van der Waals surface area contributed by atoms with E-state index in [1.54, 1.807) is 0 Å². The Morgan fingerprint density at radius 1 is 0.821 bits per heavy atom. The van der Waals surface area contributed by atoms with Gasteiger partial charge in [-0.25, -0.2) is 0 Å². The number of amidine groups is 2. The summed E-state index contributed by atoms with van der Waals surface area (Å²) in [5.41, 5.74) is 10.6. The molecule has 0 aliphatic heterocycles. The molecule has 0 aliphatic carbocycles. The highest BCUT2D eigenvalue weighted by Gasteiger charge is 2.10. The van der Waals surface area contributed by atoms with Crippen molar-refractivity contribution in [2.75, 3.05) is 26.2 Å². The minimum atomic E-state index is -0.156. The van der Waals surface area contributed by atoms with Crippen LogP contribution in [0.25, 0.3) is 0 Å². The molecule has 0 aromatic rings. The van der Waals surface area contributed by atoms with E-state index in [-0.39, 0.29) is 36.3 Å². The fraction of sp³-hybridized carbons (Fsp3) is 0.625. The van der Waals surface area contributed by atoms with Gasteiger partial charge in [-0.05, 0) is 0 Å². The lowest BCUT2D eigenvalue weighted by Gasteiger charge is -2.20. The SMILES string of the molecule is CC(=O)N(CC/C(N)=N\O)CC/C(N)=N\O.CC(=O)N(CCC#N)CCC#N. The van der Waals surface area contributed by atoms with Crippen molar-refractivity contribution < 1.29 is 20.0 Å². The molecule has 0 fully saturated rings. The number of oxime groups is 2.